The molecule has 0 bridgehead atoms. The lowest BCUT2D eigenvalue weighted by molar-refractivity contribution is -0.274. The molecule has 3 rings (SSSR count). The van der Waals surface area contributed by atoms with Gasteiger partial charge in [0, 0.05) is 29.2 Å². The third-order valence-electron chi connectivity index (χ3n) is 4.80. The van der Waals surface area contributed by atoms with Crippen LogP contribution >= 0.6 is 22.9 Å². The van der Waals surface area contributed by atoms with Crippen LogP contribution in [0.2, 0.25) is 5.02 Å². The van der Waals surface area contributed by atoms with E-state index in [9.17, 15) is 26.4 Å². The molecule has 0 aliphatic rings. The van der Waals surface area contributed by atoms with Gasteiger partial charge in [-0.15, -0.1) is 24.5 Å². The number of rotatable bonds is 10. The number of nitrogens with zero attached hydrogens (tertiary/aromatic N) is 2. The van der Waals surface area contributed by atoms with Crippen molar-refractivity contribution in [2.75, 3.05) is 23.5 Å². The fourth-order valence-corrected chi connectivity index (χ4v) is 4.99. The number of sulfone groups is 1. The van der Waals surface area contributed by atoms with E-state index >= 15 is 0 Å². The highest BCUT2D eigenvalue weighted by Crippen LogP contribution is 2.29. The van der Waals surface area contributed by atoms with Crippen LogP contribution < -0.4 is 9.64 Å². The Kier molecular flexibility index (Phi) is 8.45. The molecule has 0 fully saturated rings. The molecule has 35 heavy (non-hydrogen) atoms. The van der Waals surface area contributed by atoms with Gasteiger partial charge in [0.1, 0.15) is 17.2 Å². The summed E-state index contributed by atoms with van der Waals surface area (Å²) in [5.41, 5.74) is 1.59. The SMILES string of the molecule is Cc1sc(N(CCc2ccc(Cl)cc2)Cc2cccc(OC(F)(F)F)c2)nc1C(=O)CS(C)(=O)=O. The highest BCUT2D eigenvalue weighted by molar-refractivity contribution is 7.91. The fourth-order valence-electron chi connectivity index (χ4n) is 3.30. The van der Waals surface area contributed by atoms with E-state index < -0.39 is 27.7 Å². The third kappa shape index (κ3) is 8.52. The number of ether oxygens (including phenoxy) is 1. The zero-order valence-electron chi connectivity index (χ0n) is 18.8. The molecule has 0 aliphatic carbocycles. The van der Waals surface area contributed by atoms with Gasteiger partial charge < -0.3 is 9.64 Å². The van der Waals surface area contributed by atoms with E-state index in [0.29, 0.717) is 33.6 Å². The highest BCUT2D eigenvalue weighted by Gasteiger charge is 2.31. The van der Waals surface area contributed by atoms with Gasteiger partial charge in [0.15, 0.2) is 20.8 Å². The molecule has 0 aliphatic heterocycles. The molecule has 2 aromatic carbocycles. The number of carbonyl (C=O) groups is 1. The van der Waals surface area contributed by atoms with Crippen LogP contribution in [0.3, 0.4) is 0 Å². The van der Waals surface area contributed by atoms with E-state index in [1.165, 1.54) is 29.5 Å². The van der Waals surface area contributed by atoms with E-state index in [0.717, 1.165) is 11.8 Å². The van der Waals surface area contributed by atoms with E-state index in [2.05, 4.69) is 9.72 Å². The number of alkyl halides is 3. The lowest BCUT2D eigenvalue weighted by Crippen LogP contribution is -2.25. The first kappa shape index (κ1) is 27.0. The first-order valence-corrected chi connectivity index (χ1v) is 13.6. The molecule has 0 spiro atoms. The maximum atomic E-state index is 12.7. The first-order chi connectivity index (χ1) is 16.3. The molecule has 0 saturated heterocycles. The van der Waals surface area contributed by atoms with Gasteiger partial charge in [0.2, 0.25) is 0 Å². The normalized spacial score (nSPS) is 11.9. The maximum Gasteiger partial charge on any atom is 0.573 e. The van der Waals surface area contributed by atoms with Crippen molar-refractivity contribution in [1.82, 2.24) is 4.98 Å². The molecule has 6 nitrogen and oxygen atoms in total. The number of aromatic nitrogens is 1. The van der Waals surface area contributed by atoms with Gasteiger partial charge in [-0.1, -0.05) is 35.9 Å². The Hall–Kier alpha value is -2.63. The second kappa shape index (κ2) is 11.0. The van der Waals surface area contributed by atoms with Crippen molar-refractivity contribution in [3.63, 3.8) is 0 Å². The zero-order valence-corrected chi connectivity index (χ0v) is 21.2. The van der Waals surface area contributed by atoms with E-state index in [4.69, 9.17) is 11.6 Å². The minimum atomic E-state index is -4.81. The van der Waals surface area contributed by atoms with Gasteiger partial charge in [-0.3, -0.25) is 4.79 Å². The van der Waals surface area contributed by atoms with Crippen molar-refractivity contribution >= 4 is 43.7 Å². The van der Waals surface area contributed by atoms with Crippen LogP contribution in [0.5, 0.6) is 5.75 Å². The summed E-state index contributed by atoms with van der Waals surface area (Å²) in [5.74, 6) is -1.60. The minimum Gasteiger partial charge on any atom is -0.406 e. The lowest BCUT2D eigenvalue weighted by atomic mass is 10.1. The van der Waals surface area contributed by atoms with Crippen LogP contribution in [0.1, 0.15) is 26.5 Å². The average molecular weight is 547 g/mol. The average Bonchev–Trinajstić information content (AvgIpc) is 3.12. The first-order valence-electron chi connectivity index (χ1n) is 10.3. The number of thiazole rings is 1. The maximum absolute atomic E-state index is 12.7. The van der Waals surface area contributed by atoms with Crippen molar-refractivity contribution < 1.29 is 31.1 Å². The van der Waals surface area contributed by atoms with Crippen LogP contribution in [0.25, 0.3) is 0 Å². The van der Waals surface area contributed by atoms with Crippen LogP contribution in [0, 0.1) is 6.92 Å². The largest absolute Gasteiger partial charge is 0.573 e. The summed E-state index contributed by atoms with van der Waals surface area (Å²) in [6.45, 7) is 2.29. The Morgan fingerprint density at radius 3 is 2.46 bits per heavy atom. The quantitative estimate of drug-likeness (QED) is 0.313. The summed E-state index contributed by atoms with van der Waals surface area (Å²) in [6, 6.07) is 12.9. The number of Topliss-reactive ketones (excluding diaryl/α,β-unsaturated/α-hetero) is 1. The Bertz CT molecular complexity index is 1290. The Labute approximate surface area is 210 Å². The van der Waals surface area contributed by atoms with Gasteiger partial charge in [-0.25, -0.2) is 13.4 Å². The van der Waals surface area contributed by atoms with Gasteiger partial charge in [-0.2, -0.15) is 0 Å². The predicted molar refractivity (Wildman–Crippen MR) is 130 cm³/mol. The van der Waals surface area contributed by atoms with Gasteiger partial charge in [0.05, 0.1) is 0 Å². The van der Waals surface area contributed by atoms with Crippen LogP contribution in [0.4, 0.5) is 18.3 Å². The number of halogens is 4. The summed E-state index contributed by atoms with van der Waals surface area (Å²) in [4.78, 5) is 19.3. The monoisotopic (exact) mass is 546 g/mol. The van der Waals surface area contributed by atoms with Crippen LogP contribution in [0.15, 0.2) is 48.5 Å². The molecular weight excluding hydrogens is 525 g/mol. The number of benzene rings is 2. The van der Waals surface area contributed by atoms with Crippen molar-refractivity contribution in [2.45, 2.75) is 26.3 Å². The molecule has 0 unspecified atom stereocenters. The molecule has 0 N–H and O–H groups in total. The molecule has 1 aromatic heterocycles. The van der Waals surface area contributed by atoms with Crippen molar-refractivity contribution in [3.05, 3.63) is 75.3 Å². The Balaban J connectivity index is 1.88. The molecule has 0 radical (unpaired) electrons. The van der Waals surface area contributed by atoms with Crippen molar-refractivity contribution in [2.24, 2.45) is 0 Å². The molecule has 0 atom stereocenters. The molecule has 3 aromatic rings. The Morgan fingerprint density at radius 1 is 1.14 bits per heavy atom. The smallest absolute Gasteiger partial charge is 0.406 e. The Morgan fingerprint density at radius 2 is 1.83 bits per heavy atom. The predicted octanol–water partition coefficient (Wildman–Crippen LogP) is 5.48. The number of ketones is 1. The van der Waals surface area contributed by atoms with Crippen molar-refractivity contribution in [3.8, 4) is 5.75 Å². The third-order valence-corrected chi connectivity index (χ3v) is 6.87. The summed E-state index contributed by atoms with van der Waals surface area (Å²) in [5, 5.41) is 1.05. The molecular formula is C23H22ClF3N2O4S2. The second-order valence-electron chi connectivity index (χ2n) is 7.89. The zero-order chi connectivity index (χ0) is 25.8. The van der Waals surface area contributed by atoms with Gasteiger partial charge in [-0.05, 0) is 48.7 Å². The van der Waals surface area contributed by atoms with Crippen molar-refractivity contribution in [1.29, 1.82) is 0 Å². The van der Waals surface area contributed by atoms with Gasteiger partial charge >= 0.3 is 6.36 Å². The highest BCUT2D eigenvalue weighted by atomic mass is 35.5. The van der Waals surface area contributed by atoms with E-state index in [-0.39, 0.29) is 18.0 Å². The topological polar surface area (TPSA) is 76.6 Å². The standard InChI is InChI=1S/C23H22ClF3N2O4S2/c1-15-21(20(30)14-35(2,31)32)28-22(34-15)29(11-10-16-6-8-18(24)9-7-16)13-17-4-3-5-19(12-17)33-23(25,26)27/h3-9,12H,10-11,13-14H2,1-2H3. The number of carbonyl (C=O) groups excluding carboxylic acids is 1. The summed E-state index contributed by atoms with van der Waals surface area (Å²) < 4.78 is 65.1. The second-order valence-corrected chi connectivity index (χ2v) is 11.6. The molecule has 12 heteroatoms. The minimum absolute atomic E-state index is 0.0704. The molecule has 0 amide bonds. The number of hydrogen-bond donors (Lipinski definition) is 0. The fraction of sp³-hybridized carbons (Fsp3) is 0.304. The number of hydrogen-bond acceptors (Lipinski definition) is 7. The summed E-state index contributed by atoms with van der Waals surface area (Å²) in [7, 11) is -3.53. The molecule has 1 heterocycles. The summed E-state index contributed by atoms with van der Waals surface area (Å²) in [6.07, 6.45) is -3.27. The van der Waals surface area contributed by atoms with E-state index in [1.54, 1.807) is 25.1 Å². The molecule has 0 saturated carbocycles. The lowest BCUT2D eigenvalue weighted by Gasteiger charge is -2.22. The van der Waals surface area contributed by atoms with Crippen LogP contribution in [-0.2, 0) is 22.8 Å². The van der Waals surface area contributed by atoms with Gasteiger partial charge in [0.25, 0.3) is 0 Å². The van der Waals surface area contributed by atoms with E-state index in [1.807, 2.05) is 17.0 Å². The number of anilines is 1. The van der Waals surface area contributed by atoms with Crippen LogP contribution in [-0.4, -0.2) is 44.1 Å². The number of aryl methyl sites for hydroxylation is 1. The molecule has 188 valence electrons. The summed E-state index contributed by atoms with van der Waals surface area (Å²) >= 11 is 7.16.